The summed E-state index contributed by atoms with van der Waals surface area (Å²) in [7, 11) is -3.40. The van der Waals surface area contributed by atoms with E-state index in [1.54, 1.807) is 6.07 Å². The van der Waals surface area contributed by atoms with Crippen molar-refractivity contribution in [3.63, 3.8) is 0 Å². The van der Waals surface area contributed by atoms with Crippen LogP contribution in [0.1, 0.15) is 24.1 Å². The van der Waals surface area contributed by atoms with Gasteiger partial charge in [-0.3, -0.25) is 0 Å². The molecule has 1 aliphatic heterocycles. The van der Waals surface area contributed by atoms with Gasteiger partial charge in [-0.1, -0.05) is 0 Å². The zero-order valence-electron chi connectivity index (χ0n) is 11.4. The first-order valence-electron chi connectivity index (χ1n) is 6.86. The van der Waals surface area contributed by atoms with E-state index in [1.165, 1.54) is 11.3 Å². The Kier molecular flexibility index (Phi) is 4.14. The maximum absolute atomic E-state index is 12.3. The van der Waals surface area contributed by atoms with Crippen LogP contribution in [0.15, 0.2) is 16.3 Å². The second kappa shape index (κ2) is 5.73. The number of thiophene rings is 1. The third kappa shape index (κ3) is 3.07. The normalized spacial score (nSPS) is 30.9. The summed E-state index contributed by atoms with van der Waals surface area (Å²) in [6, 6.07) is 3.42. The molecule has 1 aromatic heterocycles. The summed E-state index contributed by atoms with van der Waals surface area (Å²) in [5, 5.41) is 0. The Balaban J connectivity index is 1.66. The summed E-state index contributed by atoms with van der Waals surface area (Å²) in [6.07, 6.45) is 2.49. The number of nitrogens with one attached hydrogen (secondary N) is 1. The Morgan fingerprint density at radius 1 is 1.20 bits per heavy atom. The van der Waals surface area contributed by atoms with E-state index in [0.717, 1.165) is 17.7 Å². The van der Waals surface area contributed by atoms with Crippen LogP contribution in [0.25, 0.3) is 0 Å². The Labute approximate surface area is 123 Å². The molecule has 1 saturated heterocycles. The van der Waals surface area contributed by atoms with Crippen LogP contribution in [0.5, 0.6) is 0 Å². The summed E-state index contributed by atoms with van der Waals surface area (Å²) in [5.74, 6) is 0. The molecule has 0 radical (unpaired) electrons. The monoisotopic (exact) mass is 317 g/mol. The molecule has 1 saturated carbocycles. The summed E-state index contributed by atoms with van der Waals surface area (Å²) in [5.41, 5.74) is 0. The molecular weight excluding hydrogens is 298 g/mol. The number of sulfonamides is 1. The molecule has 3 unspecified atom stereocenters. The predicted octanol–water partition coefficient (Wildman–Crippen LogP) is 1.67. The number of hydrogen-bond donors (Lipinski definition) is 1. The Hall–Kier alpha value is -0.470. The van der Waals surface area contributed by atoms with Crippen LogP contribution in [-0.4, -0.2) is 39.9 Å². The SMILES string of the molecule is Cc1ccc(S(=O)(=O)NC2CCC3OCCOC3C2)s1. The fourth-order valence-electron chi connectivity index (χ4n) is 2.81. The van der Waals surface area contributed by atoms with Crippen molar-refractivity contribution in [1.29, 1.82) is 0 Å². The van der Waals surface area contributed by atoms with Gasteiger partial charge in [-0.15, -0.1) is 11.3 Å². The van der Waals surface area contributed by atoms with Gasteiger partial charge in [0.1, 0.15) is 4.21 Å². The van der Waals surface area contributed by atoms with Gasteiger partial charge in [0.25, 0.3) is 0 Å². The van der Waals surface area contributed by atoms with E-state index in [2.05, 4.69) is 4.72 Å². The summed E-state index contributed by atoms with van der Waals surface area (Å²) < 4.78 is 39.1. The van der Waals surface area contributed by atoms with Crippen molar-refractivity contribution in [1.82, 2.24) is 4.72 Å². The number of hydrogen-bond acceptors (Lipinski definition) is 5. The first-order chi connectivity index (χ1) is 9.54. The average Bonchev–Trinajstić information content (AvgIpc) is 2.86. The maximum Gasteiger partial charge on any atom is 0.250 e. The average molecular weight is 317 g/mol. The molecule has 1 aliphatic carbocycles. The van der Waals surface area contributed by atoms with Crippen molar-refractivity contribution in [3.8, 4) is 0 Å². The largest absolute Gasteiger partial charge is 0.373 e. The Morgan fingerprint density at radius 3 is 2.65 bits per heavy atom. The van der Waals surface area contributed by atoms with Crippen molar-refractivity contribution in [2.24, 2.45) is 0 Å². The molecule has 2 heterocycles. The lowest BCUT2D eigenvalue weighted by Crippen LogP contribution is -2.49. The molecule has 20 heavy (non-hydrogen) atoms. The van der Waals surface area contributed by atoms with Crippen molar-refractivity contribution in [3.05, 3.63) is 17.0 Å². The van der Waals surface area contributed by atoms with Crippen molar-refractivity contribution < 1.29 is 17.9 Å². The van der Waals surface area contributed by atoms with E-state index in [0.29, 0.717) is 23.8 Å². The number of fused-ring (bicyclic) bond motifs is 1. The lowest BCUT2D eigenvalue weighted by molar-refractivity contribution is -0.156. The molecule has 0 spiro atoms. The van der Waals surface area contributed by atoms with Gasteiger partial charge in [0.2, 0.25) is 10.0 Å². The van der Waals surface area contributed by atoms with E-state index < -0.39 is 10.0 Å². The molecule has 3 atom stereocenters. The highest BCUT2D eigenvalue weighted by molar-refractivity contribution is 7.91. The minimum atomic E-state index is -3.40. The van der Waals surface area contributed by atoms with Crippen LogP contribution >= 0.6 is 11.3 Å². The topological polar surface area (TPSA) is 64.6 Å². The first-order valence-corrected chi connectivity index (χ1v) is 9.16. The second-order valence-electron chi connectivity index (χ2n) is 5.31. The molecule has 2 aliphatic rings. The van der Waals surface area contributed by atoms with Crippen LogP contribution < -0.4 is 4.72 Å². The van der Waals surface area contributed by atoms with Gasteiger partial charge in [0, 0.05) is 10.9 Å². The maximum atomic E-state index is 12.3. The van der Waals surface area contributed by atoms with Crippen LogP contribution in [0.3, 0.4) is 0 Å². The predicted molar refractivity (Wildman–Crippen MR) is 76.5 cm³/mol. The van der Waals surface area contributed by atoms with Gasteiger partial charge in [-0.2, -0.15) is 0 Å². The van der Waals surface area contributed by atoms with Gasteiger partial charge >= 0.3 is 0 Å². The van der Waals surface area contributed by atoms with Crippen LogP contribution in [0.4, 0.5) is 0 Å². The number of aryl methyl sites for hydroxylation is 1. The van der Waals surface area contributed by atoms with Gasteiger partial charge in [0.05, 0.1) is 25.4 Å². The minimum absolute atomic E-state index is 0.0234. The molecule has 0 amide bonds. The highest BCUT2D eigenvalue weighted by atomic mass is 32.2. The van der Waals surface area contributed by atoms with Crippen LogP contribution in [0.2, 0.25) is 0 Å². The number of ether oxygens (including phenoxy) is 2. The zero-order valence-corrected chi connectivity index (χ0v) is 13.0. The minimum Gasteiger partial charge on any atom is -0.373 e. The summed E-state index contributed by atoms with van der Waals surface area (Å²) in [6.45, 7) is 3.15. The van der Waals surface area contributed by atoms with E-state index in [-0.39, 0.29) is 18.2 Å². The number of rotatable bonds is 3. The molecule has 5 nitrogen and oxygen atoms in total. The molecule has 3 rings (SSSR count). The molecular formula is C13H19NO4S2. The summed E-state index contributed by atoms with van der Waals surface area (Å²) >= 11 is 1.30. The molecule has 112 valence electrons. The van der Waals surface area contributed by atoms with E-state index >= 15 is 0 Å². The van der Waals surface area contributed by atoms with E-state index in [4.69, 9.17) is 9.47 Å². The quantitative estimate of drug-likeness (QED) is 0.921. The highest BCUT2D eigenvalue weighted by Gasteiger charge is 2.36. The molecule has 7 heteroatoms. The Bertz CT molecular complexity index is 569. The van der Waals surface area contributed by atoms with E-state index in [1.807, 2.05) is 13.0 Å². The second-order valence-corrected chi connectivity index (χ2v) is 8.54. The standard InChI is InChI=1S/C13H19NO4S2/c1-9-2-5-13(19-9)20(15,16)14-10-3-4-11-12(8-10)18-7-6-17-11/h2,5,10-12,14H,3-4,6-8H2,1H3. The van der Waals surface area contributed by atoms with Gasteiger partial charge < -0.3 is 9.47 Å². The highest BCUT2D eigenvalue weighted by Crippen LogP contribution is 2.28. The van der Waals surface area contributed by atoms with Crippen molar-refractivity contribution in [2.45, 2.75) is 48.6 Å². The van der Waals surface area contributed by atoms with Gasteiger partial charge in [-0.05, 0) is 38.3 Å². The van der Waals surface area contributed by atoms with Crippen LogP contribution in [-0.2, 0) is 19.5 Å². The van der Waals surface area contributed by atoms with Crippen molar-refractivity contribution in [2.75, 3.05) is 13.2 Å². The summed E-state index contributed by atoms with van der Waals surface area (Å²) in [4.78, 5) is 0.998. The molecule has 0 bridgehead atoms. The zero-order chi connectivity index (χ0) is 14.2. The van der Waals surface area contributed by atoms with Gasteiger partial charge in [0.15, 0.2) is 0 Å². The molecule has 0 aromatic carbocycles. The molecule has 1 aromatic rings. The van der Waals surface area contributed by atoms with Crippen LogP contribution in [0, 0.1) is 6.92 Å². The third-order valence-corrected chi connectivity index (χ3v) is 6.79. The lowest BCUT2D eigenvalue weighted by atomic mass is 9.90. The lowest BCUT2D eigenvalue weighted by Gasteiger charge is -2.38. The fourth-order valence-corrected chi connectivity index (χ4v) is 5.39. The third-order valence-electron chi connectivity index (χ3n) is 3.78. The Morgan fingerprint density at radius 2 is 1.95 bits per heavy atom. The first kappa shape index (κ1) is 14.5. The van der Waals surface area contributed by atoms with E-state index in [9.17, 15) is 8.42 Å². The van der Waals surface area contributed by atoms with Gasteiger partial charge in [-0.25, -0.2) is 13.1 Å². The van der Waals surface area contributed by atoms with Crippen molar-refractivity contribution >= 4 is 21.4 Å². The smallest absolute Gasteiger partial charge is 0.250 e. The molecule has 1 N–H and O–H groups in total. The fraction of sp³-hybridized carbons (Fsp3) is 0.692. The molecule has 2 fully saturated rings.